The molecule has 1 aromatic rings. The van der Waals surface area contributed by atoms with E-state index in [-0.39, 0.29) is 25.1 Å². The molecule has 1 saturated heterocycles. The molecule has 1 aliphatic rings. The van der Waals surface area contributed by atoms with Crippen LogP contribution in [0.4, 0.5) is 4.79 Å². The van der Waals surface area contributed by atoms with Crippen molar-refractivity contribution in [1.29, 1.82) is 0 Å². The molecule has 2 atom stereocenters. The van der Waals surface area contributed by atoms with Gasteiger partial charge in [0, 0.05) is 25.6 Å². The summed E-state index contributed by atoms with van der Waals surface area (Å²) in [6.45, 7) is 1.36. The molecular formula is C20H30N2O5. The van der Waals surface area contributed by atoms with E-state index in [0.717, 1.165) is 31.4 Å². The van der Waals surface area contributed by atoms with Crippen molar-refractivity contribution in [2.45, 2.75) is 57.1 Å². The van der Waals surface area contributed by atoms with Gasteiger partial charge < -0.3 is 25.2 Å². The lowest BCUT2D eigenvalue weighted by Gasteiger charge is -2.18. The maximum absolute atomic E-state index is 12.0. The van der Waals surface area contributed by atoms with Crippen molar-refractivity contribution in [2.75, 3.05) is 19.7 Å². The molecular weight excluding hydrogens is 348 g/mol. The third-order valence-corrected chi connectivity index (χ3v) is 4.67. The van der Waals surface area contributed by atoms with Crippen LogP contribution >= 0.6 is 0 Å². The third kappa shape index (κ3) is 8.30. The van der Waals surface area contributed by atoms with Gasteiger partial charge in [-0.3, -0.25) is 4.79 Å². The highest BCUT2D eigenvalue weighted by molar-refractivity contribution is 5.76. The summed E-state index contributed by atoms with van der Waals surface area (Å²) in [4.78, 5) is 24.2. The SMILES string of the molecule is O=C(O)CCCCCCC1CN(CCC(O)COc2ccccc2)C(=O)N1. The monoisotopic (exact) mass is 378 g/mol. The molecule has 0 aromatic heterocycles. The first-order valence-corrected chi connectivity index (χ1v) is 9.67. The molecule has 0 saturated carbocycles. The van der Waals surface area contributed by atoms with Crippen molar-refractivity contribution in [3.63, 3.8) is 0 Å². The summed E-state index contributed by atoms with van der Waals surface area (Å²) >= 11 is 0. The Morgan fingerprint density at radius 3 is 2.70 bits per heavy atom. The van der Waals surface area contributed by atoms with Gasteiger partial charge in [-0.25, -0.2) is 4.79 Å². The van der Waals surface area contributed by atoms with Crippen molar-refractivity contribution >= 4 is 12.0 Å². The van der Waals surface area contributed by atoms with Crippen LogP contribution in [0.2, 0.25) is 0 Å². The number of hydrogen-bond donors (Lipinski definition) is 3. The third-order valence-electron chi connectivity index (χ3n) is 4.67. The molecule has 7 heteroatoms. The highest BCUT2D eigenvalue weighted by Gasteiger charge is 2.28. The molecule has 27 heavy (non-hydrogen) atoms. The first-order chi connectivity index (χ1) is 13.0. The highest BCUT2D eigenvalue weighted by atomic mass is 16.5. The maximum atomic E-state index is 12.0. The van der Waals surface area contributed by atoms with Gasteiger partial charge in [0.25, 0.3) is 0 Å². The Labute approximate surface area is 160 Å². The summed E-state index contributed by atoms with van der Waals surface area (Å²) in [5.74, 6) is -0.0241. The molecule has 0 radical (unpaired) electrons. The van der Waals surface area contributed by atoms with Crippen LogP contribution in [0.3, 0.4) is 0 Å². The first kappa shape index (κ1) is 21.0. The number of aliphatic hydroxyl groups excluding tert-OH is 1. The number of carbonyl (C=O) groups is 2. The van der Waals surface area contributed by atoms with Crippen LogP contribution in [0.15, 0.2) is 30.3 Å². The number of aliphatic carboxylic acids is 1. The van der Waals surface area contributed by atoms with Crippen LogP contribution in [0.1, 0.15) is 44.9 Å². The van der Waals surface area contributed by atoms with Gasteiger partial charge in [0.2, 0.25) is 0 Å². The number of para-hydroxylation sites is 1. The van der Waals surface area contributed by atoms with E-state index in [9.17, 15) is 14.7 Å². The van der Waals surface area contributed by atoms with Crippen molar-refractivity contribution in [2.24, 2.45) is 0 Å². The van der Waals surface area contributed by atoms with Crippen LogP contribution < -0.4 is 10.1 Å². The van der Waals surface area contributed by atoms with Gasteiger partial charge >= 0.3 is 12.0 Å². The van der Waals surface area contributed by atoms with Crippen LogP contribution in [-0.2, 0) is 4.79 Å². The fraction of sp³-hybridized carbons (Fsp3) is 0.600. The van der Waals surface area contributed by atoms with E-state index in [4.69, 9.17) is 9.84 Å². The molecule has 0 aliphatic carbocycles. The maximum Gasteiger partial charge on any atom is 0.317 e. The summed E-state index contributed by atoms with van der Waals surface area (Å²) in [5.41, 5.74) is 0. The average Bonchev–Trinajstić information content (AvgIpc) is 3.01. The predicted octanol–water partition coefficient (Wildman–Crippen LogP) is 2.64. The van der Waals surface area contributed by atoms with E-state index in [0.29, 0.717) is 25.9 Å². The number of rotatable bonds is 13. The van der Waals surface area contributed by atoms with E-state index in [2.05, 4.69) is 5.32 Å². The van der Waals surface area contributed by atoms with Gasteiger partial charge in [0.1, 0.15) is 12.4 Å². The second-order valence-corrected chi connectivity index (χ2v) is 7.01. The Morgan fingerprint density at radius 2 is 1.96 bits per heavy atom. The number of hydrogen-bond acceptors (Lipinski definition) is 4. The number of nitrogens with zero attached hydrogens (tertiary/aromatic N) is 1. The molecule has 1 heterocycles. The van der Waals surface area contributed by atoms with Crippen molar-refractivity contribution in [1.82, 2.24) is 10.2 Å². The van der Waals surface area contributed by atoms with Gasteiger partial charge in [-0.15, -0.1) is 0 Å². The van der Waals surface area contributed by atoms with Gasteiger partial charge in [-0.1, -0.05) is 37.5 Å². The van der Waals surface area contributed by atoms with E-state index in [1.54, 1.807) is 4.90 Å². The molecule has 2 unspecified atom stereocenters. The van der Waals surface area contributed by atoms with E-state index in [1.807, 2.05) is 30.3 Å². The summed E-state index contributed by atoms with van der Waals surface area (Å²) < 4.78 is 5.53. The number of nitrogens with one attached hydrogen (secondary N) is 1. The largest absolute Gasteiger partial charge is 0.491 e. The van der Waals surface area contributed by atoms with Gasteiger partial charge in [-0.05, 0) is 31.4 Å². The second kappa shape index (κ2) is 11.4. The van der Waals surface area contributed by atoms with E-state index in [1.165, 1.54) is 0 Å². The minimum absolute atomic E-state index is 0.0814. The number of carboxylic acid groups (broad SMARTS) is 1. The molecule has 1 aliphatic heterocycles. The molecule has 0 bridgehead atoms. The standard InChI is InChI=1S/C20H30N2O5/c23-17(15-27-18-9-5-3-6-10-18)12-13-22-14-16(21-20(22)26)8-4-1-2-7-11-19(24)25/h3,5-6,9-10,16-17,23H,1-2,4,7-8,11-15H2,(H,21,26)(H,24,25). The number of urea groups is 1. The quantitative estimate of drug-likeness (QED) is 0.458. The number of carbonyl (C=O) groups excluding carboxylic acids is 1. The minimum Gasteiger partial charge on any atom is -0.491 e. The lowest BCUT2D eigenvalue weighted by molar-refractivity contribution is -0.137. The molecule has 2 rings (SSSR count). The molecule has 3 N–H and O–H groups in total. The van der Waals surface area contributed by atoms with Gasteiger partial charge in [0.05, 0.1) is 6.10 Å². The number of carboxylic acids is 1. The average molecular weight is 378 g/mol. The Kier molecular flexibility index (Phi) is 8.91. The number of benzene rings is 1. The van der Waals surface area contributed by atoms with Crippen LogP contribution in [0.5, 0.6) is 5.75 Å². The zero-order valence-corrected chi connectivity index (χ0v) is 15.7. The van der Waals surface area contributed by atoms with E-state index < -0.39 is 12.1 Å². The lowest BCUT2D eigenvalue weighted by Crippen LogP contribution is -2.32. The fourth-order valence-electron chi connectivity index (χ4n) is 3.13. The topological polar surface area (TPSA) is 99.1 Å². The summed E-state index contributed by atoms with van der Waals surface area (Å²) in [7, 11) is 0. The van der Waals surface area contributed by atoms with Crippen LogP contribution in [0, 0.1) is 0 Å². The number of ether oxygens (including phenoxy) is 1. The summed E-state index contributed by atoms with van der Waals surface area (Å²) in [6, 6.07) is 9.39. The minimum atomic E-state index is -0.745. The molecule has 7 nitrogen and oxygen atoms in total. The Morgan fingerprint density at radius 1 is 1.22 bits per heavy atom. The molecule has 1 fully saturated rings. The van der Waals surface area contributed by atoms with Gasteiger partial charge in [-0.2, -0.15) is 0 Å². The first-order valence-electron chi connectivity index (χ1n) is 9.67. The molecule has 1 aromatic carbocycles. The van der Waals surface area contributed by atoms with Gasteiger partial charge in [0.15, 0.2) is 0 Å². The number of amides is 2. The van der Waals surface area contributed by atoms with Crippen LogP contribution in [-0.4, -0.2) is 59.0 Å². The Bertz CT molecular complexity index is 581. The lowest BCUT2D eigenvalue weighted by atomic mass is 10.1. The molecule has 0 spiro atoms. The Balaban J connectivity index is 1.56. The van der Waals surface area contributed by atoms with E-state index >= 15 is 0 Å². The second-order valence-electron chi connectivity index (χ2n) is 7.01. The van der Waals surface area contributed by atoms with Crippen molar-refractivity contribution < 1.29 is 24.5 Å². The van der Waals surface area contributed by atoms with Crippen molar-refractivity contribution in [3.05, 3.63) is 30.3 Å². The van der Waals surface area contributed by atoms with Crippen LogP contribution in [0.25, 0.3) is 0 Å². The number of aliphatic hydroxyl groups is 1. The molecule has 150 valence electrons. The zero-order chi connectivity index (χ0) is 19.5. The highest BCUT2D eigenvalue weighted by Crippen LogP contribution is 2.14. The zero-order valence-electron chi connectivity index (χ0n) is 15.7. The smallest absolute Gasteiger partial charge is 0.317 e. The summed E-state index contributed by atoms with van der Waals surface area (Å²) in [6.07, 6.45) is 4.56. The van der Waals surface area contributed by atoms with Crippen molar-refractivity contribution in [3.8, 4) is 5.75 Å². The number of unbranched alkanes of at least 4 members (excludes halogenated alkanes) is 3. The summed E-state index contributed by atoms with van der Waals surface area (Å²) in [5, 5.41) is 21.6. The Hall–Kier alpha value is -2.28. The molecule has 2 amide bonds. The fourth-order valence-corrected chi connectivity index (χ4v) is 3.13. The normalized spacial score (nSPS) is 17.6. The predicted molar refractivity (Wildman–Crippen MR) is 102 cm³/mol.